The molecule has 0 nitrogen and oxygen atoms in total. The third-order valence-electron chi connectivity index (χ3n) is 12.7. The standard InChI is InChI=1S/9C7H16/c1-6(2)7(3,4)5;1-6(2)5-7(3)4;2*1-5-6-7(2,3)4;1-5-7(3,4)6-2;1-5-7(4)6(2)3;1-4-5-6-7(2)3;1-4-6-7(3)5-2;1-4-7(5-2)6-3/h6H,1-5H3;6-7H,5H2,1-4H3;3*5-6H2,1-4H3;6-7H,5H2,1-4H3;3*7H,4-6H2,1-3H3/t;;;;;7-;;;/m.....0.../s1. The first-order chi connectivity index (χ1) is 28.4. The summed E-state index contributed by atoms with van der Waals surface area (Å²) >= 11 is 0. The Bertz CT molecular complexity index is 696. The van der Waals surface area contributed by atoms with E-state index in [4.69, 9.17) is 0 Å². The fourth-order valence-electron chi connectivity index (χ4n) is 5.34. The molecule has 0 heterocycles. The van der Waals surface area contributed by atoms with Gasteiger partial charge < -0.3 is 0 Å². The molecule has 0 saturated heterocycles. The zero-order chi connectivity index (χ0) is 52.6. The van der Waals surface area contributed by atoms with E-state index in [0.29, 0.717) is 21.7 Å². The van der Waals surface area contributed by atoms with Crippen molar-refractivity contribution in [3.8, 4) is 0 Å². The zero-order valence-electron chi connectivity index (χ0n) is 52.6. The van der Waals surface area contributed by atoms with Crippen molar-refractivity contribution in [2.24, 2.45) is 69.0 Å². The van der Waals surface area contributed by atoms with Crippen LogP contribution in [0.15, 0.2) is 0 Å². The summed E-state index contributed by atoms with van der Waals surface area (Å²) in [6.45, 7) is 77.0. The van der Waals surface area contributed by atoms with Gasteiger partial charge in [-0.15, -0.1) is 0 Å². The van der Waals surface area contributed by atoms with Crippen LogP contribution >= 0.6 is 0 Å². The molecule has 63 heavy (non-hydrogen) atoms. The predicted molar refractivity (Wildman–Crippen MR) is 309 cm³/mol. The van der Waals surface area contributed by atoms with E-state index in [1.165, 1.54) is 109 Å². The second-order valence-electron chi connectivity index (χ2n) is 25.6. The maximum absolute atomic E-state index is 2.31. The first-order valence-corrected chi connectivity index (χ1v) is 28.4. The molecule has 2 atom stereocenters. The molecule has 0 spiro atoms. The molecule has 0 bridgehead atoms. The quantitative estimate of drug-likeness (QED) is 0.136. The van der Waals surface area contributed by atoms with Crippen LogP contribution in [-0.2, 0) is 0 Å². The lowest BCUT2D eigenvalue weighted by Gasteiger charge is -2.22. The third-order valence-corrected chi connectivity index (χ3v) is 12.7. The van der Waals surface area contributed by atoms with E-state index in [1.807, 2.05) is 0 Å². The Balaban J connectivity index is -0.0000000744. The summed E-state index contributed by atoms with van der Waals surface area (Å²) in [5.74, 6) is 7.16. The molecule has 0 heteroatoms. The van der Waals surface area contributed by atoms with E-state index in [-0.39, 0.29) is 0 Å². The molecule has 396 valence electrons. The highest BCUT2D eigenvalue weighted by Crippen LogP contribution is 2.24. The minimum Gasteiger partial charge on any atom is -0.0654 e. The summed E-state index contributed by atoms with van der Waals surface area (Å²) in [7, 11) is 0. The zero-order valence-corrected chi connectivity index (χ0v) is 52.6. The molecular formula is C63H144. The Morgan fingerprint density at radius 3 is 0.730 bits per heavy atom. The van der Waals surface area contributed by atoms with Gasteiger partial charge in [-0.05, 0) is 88.3 Å². The van der Waals surface area contributed by atoms with Crippen LogP contribution in [0.5, 0.6) is 0 Å². The second kappa shape index (κ2) is 54.6. The highest BCUT2D eigenvalue weighted by atomic mass is 14.2. The van der Waals surface area contributed by atoms with Gasteiger partial charge >= 0.3 is 0 Å². The van der Waals surface area contributed by atoms with E-state index in [1.54, 1.807) is 0 Å². The molecule has 0 aromatic heterocycles. The van der Waals surface area contributed by atoms with Gasteiger partial charge in [-0.2, -0.15) is 0 Å². The number of hydrogen-bond donors (Lipinski definition) is 0. The molecular weight excluding hydrogens is 757 g/mol. The minimum absolute atomic E-state index is 0.500. The van der Waals surface area contributed by atoms with E-state index >= 15 is 0 Å². The van der Waals surface area contributed by atoms with Crippen molar-refractivity contribution in [3.63, 3.8) is 0 Å². The lowest BCUT2D eigenvalue weighted by Crippen LogP contribution is -2.12. The van der Waals surface area contributed by atoms with Crippen LogP contribution in [-0.4, -0.2) is 0 Å². The van der Waals surface area contributed by atoms with Crippen LogP contribution in [0.25, 0.3) is 0 Å². The Kier molecular flexibility index (Phi) is 72.0. The van der Waals surface area contributed by atoms with Crippen molar-refractivity contribution >= 4 is 0 Å². The van der Waals surface area contributed by atoms with Crippen LogP contribution in [0.4, 0.5) is 0 Å². The van der Waals surface area contributed by atoms with Crippen molar-refractivity contribution in [2.75, 3.05) is 0 Å². The molecule has 0 aromatic carbocycles. The van der Waals surface area contributed by atoms with Crippen molar-refractivity contribution < 1.29 is 0 Å². The summed E-state index contributed by atoms with van der Waals surface area (Å²) in [6.07, 6.45) is 22.9. The minimum atomic E-state index is 0.500. The van der Waals surface area contributed by atoms with Gasteiger partial charge in [0.05, 0.1) is 0 Å². The topological polar surface area (TPSA) is 0 Å². The highest BCUT2D eigenvalue weighted by molar-refractivity contribution is 4.64. The average Bonchev–Trinajstić information content (AvgIpc) is 3.14. The van der Waals surface area contributed by atoms with Crippen LogP contribution < -0.4 is 0 Å². The SMILES string of the molecule is CC(C)C(C)(C)C.CC(C)CC(C)C.CCC(C)(C)CC.CCC(CC)CC.CCCC(C)(C)C.CCCC(C)(C)C.CCCC(C)CC.CCCCC(C)C.CC[C@H](C)C(C)C. The molecule has 0 aromatic rings. The smallest absolute Gasteiger partial charge is 0.0359 e. The molecule has 0 amide bonds. The van der Waals surface area contributed by atoms with Crippen LogP contribution in [0, 0.1) is 69.0 Å². The van der Waals surface area contributed by atoms with E-state index in [9.17, 15) is 0 Å². The third kappa shape index (κ3) is 110. The summed E-state index contributed by atoms with van der Waals surface area (Å²) < 4.78 is 0. The highest BCUT2D eigenvalue weighted by Gasteiger charge is 2.14. The van der Waals surface area contributed by atoms with E-state index in [2.05, 4.69) is 235 Å². The number of unbranched alkanes of at least 4 members (excludes halogenated alkanes) is 1. The van der Waals surface area contributed by atoms with Gasteiger partial charge in [0.1, 0.15) is 0 Å². The Morgan fingerprint density at radius 2 is 0.698 bits per heavy atom. The molecule has 0 aliphatic carbocycles. The van der Waals surface area contributed by atoms with Crippen molar-refractivity contribution in [1.82, 2.24) is 0 Å². The maximum atomic E-state index is 2.31. The summed E-state index contributed by atoms with van der Waals surface area (Å²) in [5, 5.41) is 0. The number of hydrogen-bond acceptors (Lipinski definition) is 0. The fourth-order valence-corrected chi connectivity index (χ4v) is 5.34. The summed E-state index contributed by atoms with van der Waals surface area (Å²) in [6, 6.07) is 0. The largest absolute Gasteiger partial charge is 0.0654 e. The molecule has 0 rings (SSSR count). The molecule has 0 N–H and O–H groups in total. The van der Waals surface area contributed by atoms with E-state index in [0.717, 1.165) is 47.3 Å². The lowest BCUT2D eigenvalue weighted by atomic mass is 9.84. The van der Waals surface area contributed by atoms with E-state index < -0.39 is 0 Å². The molecule has 0 radical (unpaired) electrons. The van der Waals surface area contributed by atoms with Gasteiger partial charge in [-0.1, -0.05) is 325 Å². The Hall–Kier alpha value is 0. The lowest BCUT2D eigenvalue weighted by molar-refractivity contribution is 0.283. The first-order valence-electron chi connectivity index (χ1n) is 28.4. The molecule has 0 aliphatic rings. The van der Waals surface area contributed by atoms with Crippen LogP contribution in [0.3, 0.4) is 0 Å². The van der Waals surface area contributed by atoms with Gasteiger partial charge in [0.15, 0.2) is 0 Å². The van der Waals surface area contributed by atoms with Crippen LogP contribution in [0.2, 0.25) is 0 Å². The molecule has 0 fully saturated rings. The summed E-state index contributed by atoms with van der Waals surface area (Å²) in [4.78, 5) is 0. The molecule has 0 aliphatic heterocycles. The molecule has 0 saturated carbocycles. The Labute approximate surface area is 411 Å². The summed E-state index contributed by atoms with van der Waals surface area (Å²) in [5.41, 5.74) is 2.18. The van der Waals surface area contributed by atoms with Crippen LogP contribution in [0.1, 0.15) is 345 Å². The van der Waals surface area contributed by atoms with Gasteiger partial charge in [-0.3, -0.25) is 0 Å². The Morgan fingerprint density at radius 1 is 0.365 bits per heavy atom. The fraction of sp³-hybridized carbons (Fsp3) is 1.00. The maximum Gasteiger partial charge on any atom is -0.0359 e. The van der Waals surface area contributed by atoms with Crippen molar-refractivity contribution in [3.05, 3.63) is 0 Å². The normalized spacial score (nSPS) is 12.2. The van der Waals surface area contributed by atoms with Gasteiger partial charge in [0.2, 0.25) is 0 Å². The molecule has 1 unspecified atom stereocenters. The van der Waals surface area contributed by atoms with Crippen molar-refractivity contribution in [1.29, 1.82) is 0 Å². The predicted octanol–water partition coefficient (Wildman–Crippen LogP) is 25.1. The number of rotatable bonds is 17. The van der Waals surface area contributed by atoms with Gasteiger partial charge in [-0.25, -0.2) is 0 Å². The van der Waals surface area contributed by atoms with Gasteiger partial charge in [0, 0.05) is 0 Å². The monoisotopic (exact) mass is 901 g/mol. The van der Waals surface area contributed by atoms with Gasteiger partial charge in [0.25, 0.3) is 0 Å². The van der Waals surface area contributed by atoms with Crippen molar-refractivity contribution in [2.45, 2.75) is 345 Å². The second-order valence-corrected chi connectivity index (χ2v) is 25.6. The average molecular weight is 902 g/mol. The first kappa shape index (κ1) is 83.0.